The molecular formula is C16H21F4N5O4. The molecule has 1 fully saturated rings. The van der Waals surface area contributed by atoms with Crippen molar-refractivity contribution < 1.29 is 27.4 Å². The van der Waals surface area contributed by atoms with Crippen molar-refractivity contribution in [3.05, 3.63) is 20.8 Å². The number of anilines is 1. The Morgan fingerprint density at radius 1 is 1.38 bits per heavy atom. The molecule has 2 aromatic rings. The maximum absolute atomic E-state index is 14.7. The first-order valence-electron chi connectivity index (χ1n) is 9.01. The molecule has 4 N–H and O–H groups in total. The second-order valence-corrected chi connectivity index (χ2v) is 7.06. The highest BCUT2D eigenvalue weighted by atomic mass is 19.4. The summed E-state index contributed by atoms with van der Waals surface area (Å²) in [5, 5.41) is 9.99. The second kappa shape index (κ2) is 7.44. The van der Waals surface area contributed by atoms with E-state index in [0.29, 0.717) is 4.57 Å². The Morgan fingerprint density at radius 2 is 2.03 bits per heavy atom. The van der Waals surface area contributed by atoms with Gasteiger partial charge in [-0.2, -0.15) is 18.2 Å². The molecule has 0 bridgehead atoms. The van der Waals surface area contributed by atoms with E-state index in [1.165, 1.54) is 6.92 Å². The van der Waals surface area contributed by atoms with E-state index in [1.54, 1.807) is 6.92 Å². The van der Waals surface area contributed by atoms with Crippen LogP contribution in [0.25, 0.3) is 11.2 Å². The minimum absolute atomic E-state index is 0.192. The van der Waals surface area contributed by atoms with E-state index in [4.69, 9.17) is 10.5 Å². The smallest absolute Gasteiger partial charge is 0.390 e. The van der Waals surface area contributed by atoms with E-state index in [2.05, 4.69) is 9.97 Å². The number of fused-ring (bicyclic) bond motifs is 1. The Labute approximate surface area is 161 Å². The van der Waals surface area contributed by atoms with Crippen molar-refractivity contribution in [2.45, 2.75) is 64.0 Å². The molecule has 2 aromatic heterocycles. The van der Waals surface area contributed by atoms with Gasteiger partial charge >= 0.3 is 11.9 Å². The molecule has 1 aliphatic heterocycles. The molecule has 0 saturated carbocycles. The summed E-state index contributed by atoms with van der Waals surface area (Å²) < 4.78 is 59.8. The molecule has 13 heteroatoms. The third-order valence-corrected chi connectivity index (χ3v) is 5.06. The van der Waals surface area contributed by atoms with Gasteiger partial charge in [0.15, 0.2) is 11.2 Å². The van der Waals surface area contributed by atoms with Crippen LogP contribution < -0.4 is 17.0 Å². The molecule has 3 heterocycles. The lowest BCUT2D eigenvalue weighted by atomic mass is 9.99. The van der Waals surface area contributed by atoms with Crippen LogP contribution in [-0.2, 0) is 11.3 Å². The zero-order chi connectivity index (χ0) is 21.7. The van der Waals surface area contributed by atoms with Gasteiger partial charge in [0.25, 0.3) is 5.56 Å². The zero-order valence-corrected chi connectivity index (χ0v) is 15.6. The summed E-state index contributed by atoms with van der Waals surface area (Å²) in [6.45, 7) is 2.22. The number of ether oxygens (including phenoxy) is 1. The van der Waals surface area contributed by atoms with E-state index in [1.807, 2.05) is 0 Å². The molecule has 162 valence electrons. The summed E-state index contributed by atoms with van der Waals surface area (Å²) >= 11 is 0. The van der Waals surface area contributed by atoms with Crippen molar-refractivity contribution >= 4 is 17.1 Å². The maximum Gasteiger partial charge on any atom is 0.390 e. The lowest BCUT2D eigenvalue weighted by Crippen LogP contribution is -2.33. The predicted octanol–water partition coefficient (Wildman–Crippen LogP) is 1.06. The first kappa shape index (κ1) is 21.3. The number of imidazole rings is 1. The molecule has 29 heavy (non-hydrogen) atoms. The van der Waals surface area contributed by atoms with Crippen LogP contribution in [0.4, 0.5) is 23.5 Å². The van der Waals surface area contributed by atoms with Crippen LogP contribution in [0.1, 0.15) is 32.9 Å². The number of nitrogens with one attached hydrogen (secondary N) is 1. The van der Waals surface area contributed by atoms with Gasteiger partial charge in [0.05, 0.1) is 12.5 Å². The number of alkyl halides is 4. The SMILES string of the molecule is CC[C@H](O)[C@H]1O[C@@H](n2c(=O)n(CCC(F)(F)F)c3c(=O)[nH]c(N)nc32)[C@H](C)[C@H]1F. The standard InChI is InChI=1S/C16H21F4N5O4/c1-3-7(26)10-8(17)6(2)13(29-10)25-11-9(12(27)23-14(21)22-11)24(15(25)28)5-4-16(18,19)20/h6-8,10,13,26H,3-5H2,1-2H3,(H3,21,22,23,27)/t6-,7+,8-,10-,13-/m1/s1. The van der Waals surface area contributed by atoms with Gasteiger partial charge in [0.2, 0.25) is 5.95 Å². The van der Waals surface area contributed by atoms with Crippen LogP contribution in [0.15, 0.2) is 9.59 Å². The third-order valence-electron chi connectivity index (χ3n) is 5.06. The predicted molar refractivity (Wildman–Crippen MR) is 94.0 cm³/mol. The number of hydrogen-bond donors (Lipinski definition) is 3. The van der Waals surface area contributed by atoms with Crippen LogP contribution in [-0.4, -0.2) is 48.8 Å². The van der Waals surface area contributed by atoms with Crippen molar-refractivity contribution in [2.75, 3.05) is 5.73 Å². The van der Waals surface area contributed by atoms with Crippen LogP contribution in [0.2, 0.25) is 0 Å². The molecule has 9 nitrogen and oxygen atoms in total. The third kappa shape index (κ3) is 3.75. The van der Waals surface area contributed by atoms with Gasteiger partial charge in [-0.1, -0.05) is 13.8 Å². The largest absolute Gasteiger partial charge is 0.390 e. The van der Waals surface area contributed by atoms with Crippen molar-refractivity contribution in [3.8, 4) is 0 Å². The Kier molecular flexibility index (Phi) is 5.47. The number of hydrogen-bond acceptors (Lipinski definition) is 6. The number of aliphatic hydroxyl groups excluding tert-OH is 1. The van der Waals surface area contributed by atoms with E-state index < -0.39 is 66.4 Å². The first-order valence-corrected chi connectivity index (χ1v) is 9.01. The van der Waals surface area contributed by atoms with Gasteiger partial charge in [0.1, 0.15) is 18.5 Å². The van der Waals surface area contributed by atoms with Crippen molar-refractivity contribution in [1.29, 1.82) is 0 Å². The summed E-state index contributed by atoms with van der Waals surface area (Å²) in [6, 6.07) is 0. The Bertz CT molecular complexity index is 1010. The average molecular weight is 423 g/mol. The van der Waals surface area contributed by atoms with Gasteiger partial charge in [-0.25, -0.2) is 13.8 Å². The van der Waals surface area contributed by atoms with Crippen LogP contribution in [0, 0.1) is 5.92 Å². The fraction of sp³-hybridized carbons (Fsp3) is 0.688. The number of nitrogen functional groups attached to an aromatic ring is 1. The summed E-state index contributed by atoms with van der Waals surface area (Å²) in [5.74, 6) is -1.31. The van der Waals surface area contributed by atoms with Gasteiger partial charge in [-0.15, -0.1) is 0 Å². The molecule has 0 aliphatic carbocycles. The number of aromatic nitrogens is 4. The summed E-state index contributed by atoms with van der Waals surface area (Å²) in [6.07, 6.45) is -11.0. The number of nitrogens with zero attached hydrogens (tertiary/aromatic N) is 3. The molecule has 0 amide bonds. The highest BCUT2D eigenvalue weighted by Gasteiger charge is 2.47. The molecular weight excluding hydrogens is 402 g/mol. The van der Waals surface area contributed by atoms with Crippen LogP contribution in [0.3, 0.4) is 0 Å². The number of rotatable bonds is 5. The molecule has 5 atom stereocenters. The maximum atomic E-state index is 14.7. The summed E-state index contributed by atoms with van der Waals surface area (Å²) in [5.41, 5.74) is 2.88. The van der Waals surface area contributed by atoms with Crippen molar-refractivity contribution in [3.63, 3.8) is 0 Å². The number of H-pyrrole nitrogens is 1. The topological polar surface area (TPSA) is 128 Å². The quantitative estimate of drug-likeness (QED) is 0.617. The number of nitrogens with two attached hydrogens (primary N) is 1. The molecule has 0 aromatic carbocycles. The van der Waals surface area contributed by atoms with Gasteiger partial charge < -0.3 is 15.6 Å². The Balaban J connectivity index is 2.17. The van der Waals surface area contributed by atoms with Crippen LogP contribution in [0.5, 0.6) is 0 Å². The van der Waals surface area contributed by atoms with Crippen molar-refractivity contribution in [2.24, 2.45) is 5.92 Å². The number of aliphatic hydroxyl groups is 1. The second-order valence-electron chi connectivity index (χ2n) is 7.06. The fourth-order valence-electron chi connectivity index (χ4n) is 3.52. The van der Waals surface area contributed by atoms with E-state index >= 15 is 0 Å². The molecule has 0 unspecified atom stereocenters. The van der Waals surface area contributed by atoms with E-state index in [-0.39, 0.29) is 18.0 Å². The Hall–Kier alpha value is -2.41. The molecule has 1 aliphatic rings. The summed E-state index contributed by atoms with van der Waals surface area (Å²) in [4.78, 5) is 31.2. The van der Waals surface area contributed by atoms with E-state index in [0.717, 1.165) is 4.57 Å². The molecule has 0 radical (unpaired) electrons. The fourth-order valence-corrected chi connectivity index (χ4v) is 3.52. The number of halogens is 4. The minimum Gasteiger partial charge on any atom is -0.390 e. The van der Waals surface area contributed by atoms with E-state index in [9.17, 15) is 32.3 Å². The van der Waals surface area contributed by atoms with Gasteiger partial charge in [-0.05, 0) is 6.42 Å². The lowest BCUT2D eigenvalue weighted by Gasteiger charge is -2.19. The number of aryl methyl sites for hydroxylation is 1. The lowest BCUT2D eigenvalue weighted by molar-refractivity contribution is -0.136. The van der Waals surface area contributed by atoms with Gasteiger partial charge in [0, 0.05) is 12.5 Å². The molecule has 0 spiro atoms. The highest BCUT2D eigenvalue weighted by Crippen LogP contribution is 2.38. The molecule has 1 saturated heterocycles. The van der Waals surface area contributed by atoms with Crippen molar-refractivity contribution in [1.82, 2.24) is 19.1 Å². The highest BCUT2D eigenvalue weighted by molar-refractivity contribution is 5.71. The van der Waals surface area contributed by atoms with Gasteiger partial charge in [-0.3, -0.25) is 14.3 Å². The zero-order valence-electron chi connectivity index (χ0n) is 15.6. The monoisotopic (exact) mass is 423 g/mol. The van der Waals surface area contributed by atoms with Crippen LogP contribution >= 0.6 is 0 Å². The summed E-state index contributed by atoms with van der Waals surface area (Å²) in [7, 11) is 0. The molecule has 3 rings (SSSR count). The first-order chi connectivity index (χ1) is 13.5. The average Bonchev–Trinajstić information content (AvgIpc) is 3.06. The normalized spacial score (nSPS) is 26.3. The minimum atomic E-state index is -4.57. The Morgan fingerprint density at radius 3 is 2.62 bits per heavy atom. The number of aromatic amines is 1.